The lowest BCUT2D eigenvalue weighted by Crippen LogP contribution is -2.03. The molecule has 0 amide bonds. The average molecular weight is 303 g/mol. The van der Waals surface area contributed by atoms with E-state index in [1.54, 1.807) is 18.3 Å². The summed E-state index contributed by atoms with van der Waals surface area (Å²) < 4.78 is 0.777. The highest BCUT2D eigenvalue weighted by Crippen LogP contribution is 2.26. The first-order valence-corrected chi connectivity index (χ1v) is 6.13. The summed E-state index contributed by atoms with van der Waals surface area (Å²) in [5, 5.41) is 2.22. The fourth-order valence-corrected chi connectivity index (χ4v) is 2.82. The van der Waals surface area contributed by atoms with Crippen LogP contribution in [0.5, 0.6) is 0 Å². The van der Waals surface area contributed by atoms with Crippen LogP contribution in [0.1, 0.15) is 15.4 Å². The van der Waals surface area contributed by atoms with Crippen molar-refractivity contribution in [3.63, 3.8) is 0 Å². The van der Waals surface area contributed by atoms with Crippen molar-refractivity contribution in [1.82, 2.24) is 4.98 Å². The Morgan fingerprint density at radius 1 is 1.47 bits per heavy atom. The second kappa shape index (κ2) is 4.43. The number of thiophene rings is 1. The second-order valence-electron chi connectivity index (χ2n) is 2.76. The molecule has 0 aliphatic heterocycles. The third-order valence-electron chi connectivity index (χ3n) is 1.80. The van der Waals surface area contributed by atoms with Crippen LogP contribution in [0.25, 0.3) is 0 Å². The van der Waals surface area contributed by atoms with Crippen molar-refractivity contribution in [3.8, 4) is 0 Å². The second-order valence-corrected chi connectivity index (χ2v) is 4.94. The van der Waals surface area contributed by atoms with E-state index in [0.717, 1.165) is 4.47 Å². The summed E-state index contributed by atoms with van der Waals surface area (Å²) in [5.74, 6) is -0.150. The molecule has 2 nitrogen and oxygen atoms in total. The number of aromatic nitrogens is 1. The van der Waals surface area contributed by atoms with Crippen molar-refractivity contribution >= 4 is 44.7 Å². The van der Waals surface area contributed by atoms with Gasteiger partial charge in [-0.1, -0.05) is 11.6 Å². The highest BCUT2D eigenvalue weighted by molar-refractivity contribution is 9.10. The molecule has 15 heavy (non-hydrogen) atoms. The number of ketones is 1. The summed E-state index contributed by atoms with van der Waals surface area (Å²) >= 11 is 10.6. The first-order chi connectivity index (χ1) is 7.20. The monoisotopic (exact) mass is 301 g/mol. The van der Waals surface area contributed by atoms with Crippen molar-refractivity contribution in [2.75, 3.05) is 0 Å². The summed E-state index contributed by atoms with van der Waals surface area (Å²) in [4.78, 5) is 16.6. The average Bonchev–Trinajstić information content (AvgIpc) is 2.64. The molecule has 0 aliphatic carbocycles. The van der Waals surface area contributed by atoms with Crippen LogP contribution in [0.15, 0.2) is 34.2 Å². The topological polar surface area (TPSA) is 30.0 Å². The molecule has 0 N–H and O–H groups in total. The first-order valence-electron chi connectivity index (χ1n) is 4.08. The smallest absolute Gasteiger partial charge is 0.223 e. The molecular formula is C10H5BrClNOS. The fourth-order valence-electron chi connectivity index (χ4n) is 1.12. The molecular weight excluding hydrogens is 298 g/mol. The van der Waals surface area contributed by atoms with Crippen LogP contribution in [0.3, 0.4) is 0 Å². The number of hydrogen-bond donors (Lipinski definition) is 0. The van der Waals surface area contributed by atoms with Crippen molar-refractivity contribution in [3.05, 3.63) is 49.8 Å². The molecule has 2 aromatic heterocycles. The Bertz CT molecular complexity index is 512. The molecule has 2 rings (SSSR count). The summed E-state index contributed by atoms with van der Waals surface area (Å²) in [6.07, 6.45) is 1.56. The van der Waals surface area contributed by atoms with Gasteiger partial charge in [-0.15, -0.1) is 11.3 Å². The standard InChI is InChI=1S/C10H5BrClNOS/c11-6-3-5-15-10(6)9(14)8-7(12)2-1-4-13-8/h1-5H. The van der Waals surface area contributed by atoms with E-state index in [9.17, 15) is 4.79 Å². The van der Waals surface area contributed by atoms with Crippen molar-refractivity contribution in [1.29, 1.82) is 0 Å². The maximum atomic E-state index is 12.0. The van der Waals surface area contributed by atoms with Gasteiger partial charge in [-0.25, -0.2) is 0 Å². The highest BCUT2D eigenvalue weighted by Gasteiger charge is 2.17. The fraction of sp³-hybridized carbons (Fsp3) is 0. The Morgan fingerprint density at radius 3 is 2.87 bits per heavy atom. The van der Waals surface area contributed by atoms with Crippen LogP contribution in [-0.2, 0) is 0 Å². The van der Waals surface area contributed by atoms with Gasteiger partial charge in [0.25, 0.3) is 0 Å². The Balaban J connectivity index is 2.46. The lowest BCUT2D eigenvalue weighted by molar-refractivity contribution is 0.103. The van der Waals surface area contributed by atoms with Gasteiger partial charge in [0.15, 0.2) is 0 Å². The summed E-state index contributed by atoms with van der Waals surface area (Å²) in [7, 11) is 0. The minimum absolute atomic E-state index is 0.150. The Kier molecular flexibility index (Phi) is 3.19. The number of pyridine rings is 1. The van der Waals surface area contributed by atoms with E-state index in [2.05, 4.69) is 20.9 Å². The lowest BCUT2D eigenvalue weighted by Gasteiger charge is -2.00. The van der Waals surface area contributed by atoms with Gasteiger partial charge >= 0.3 is 0 Å². The van der Waals surface area contributed by atoms with Gasteiger partial charge in [-0.05, 0) is 39.5 Å². The van der Waals surface area contributed by atoms with Crippen LogP contribution in [0, 0.1) is 0 Å². The Labute approximate surface area is 104 Å². The molecule has 0 aliphatic rings. The zero-order valence-electron chi connectivity index (χ0n) is 7.41. The van der Waals surface area contributed by atoms with Gasteiger partial charge in [0, 0.05) is 10.7 Å². The van der Waals surface area contributed by atoms with E-state index in [1.165, 1.54) is 11.3 Å². The molecule has 0 saturated heterocycles. The van der Waals surface area contributed by atoms with Crippen molar-refractivity contribution in [2.45, 2.75) is 0 Å². The van der Waals surface area contributed by atoms with Crippen LogP contribution in [0.4, 0.5) is 0 Å². The normalized spacial score (nSPS) is 10.3. The van der Waals surface area contributed by atoms with E-state index in [4.69, 9.17) is 11.6 Å². The third-order valence-corrected chi connectivity index (χ3v) is 3.94. The first kappa shape index (κ1) is 10.8. The minimum atomic E-state index is -0.150. The summed E-state index contributed by atoms with van der Waals surface area (Å²) in [6.45, 7) is 0. The summed E-state index contributed by atoms with van der Waals surface area (Å²) in [6, 6.07) is 5.18. The molecule has 2 heterocycles. The molecule has 0 fully saturated rings. The Morgan fingerprint density at radius 2 is 2.27 bits per heavy atom. The van der Waals surface area contributed by atoms with Crippen LogP contribution >= 0.6 is 38.9 Å². The largest absolute Gasteiger partial charge is 0.286 e. The quantitative estimate of drug-likeness (QED) is 0.790. The van der Waals surface area contributed by atoms with E-state index in [0.29, 0.717) is 15.6 Å². The van der Waals surface area contributed by atoms with Gasteiger partial charge in [0.2, 0.25) is 5.78 Å². The van der Waals surface area contributed by atoms with Gasteiger partial charge in [-0.2, -0.15) is 0 Å². The zero-order chi connectivity index (χ0) is 10.8. The molecule has 0 atom stereocenters. The summed E-state index contributed by atoms with van der Waals surface area (Å²) in [5.41, 5.74) is 0.294. The van der Waals surface area contributed by atoms with Crippen LogP contribution in [-0.4, -0.2) is 10.8 Å². The predicted molar refractivity (Wildman–Crippen MR) is 64.7 cm³/mol. The number of nitrogens with zero attached hydrogens (tertiary/aromatic N) is 1. The number of hydrogen-bond acceptors (Lipinski definition) is 3. The maximum Gasteiger partial charge on any atom is 0.223 e. The van der Waals surface area contributed by atoms with E-state index >= 15 is 0 Å². The molecule has 76 valence electrons. The number of rotatable bonds is 2. The number of halogens is 2. The molecule has 2 aromatic rings. The van der Waals surface area contributed by atoms with Gasteiger partial charge in [0.05, 0.1) is 9.90 Å². The van der Waals surface area contributed by atoms with Crippen molar-refractivity contribution < 1.29 is 4.79 Å². The highest BCUT2D eigenvalue weighted by atomic mass is 79.9. The van der Waals surface area contributed by atoms with Crippen LogP contribution < -0.4 is 0 Å². The lowest BCUT2D eigenvalue weighted by atomic mass is 10.2. The van der Waals surface area contributed by atoms with Gasteiger partial charge < -0.3 is 0 Å². The Hall–Kier alpha value is -0.710. The predicted octanol–water partition coefficient (Wildman–Crippen LogP) is 3.79. The van der Waals surface area contributed by atoms with E-state index < -0.39 is 0 Å². The van der Waals surface area contributed by atoms with Gasteiger partial charge in [-0.3, -0.25) is 9.78 Å². The van der Waals surface area contributed by atoms with E-state index in [1.807, 2.05) is 11.4 Å². The third kappa shape index (κ3) is 2.12. The van der Waals surface area contributed by atoms with Crippen LogP contribution in [0.2, 0.25) is 5.02 Å². The molecule has 0 unspecified atom stereocenters. The zero-order valence-corrected chi connectivity index (χ0v) is 10.6. The van der Waals surface area contributed by atoms with Gasteiger partial charge in [0.1, 0.15) is 5.69 Å². The van der Waals surface area contributed by atoms with E-state index in [-0.39, 0.29) is 5.78 Å². The molecule has 0 radical (unpaired) electrons. The molecule has 0 bridgehead atoms. The minimum Gasteiger partial charge on any atom is -0.286 e. The number of carbonyl (C=O) groups excluding carboxylic acids is 1. The molecule has 0 aromatic carbocycles. The van der Waals surface area contributed by atoms with Crippen molar-refractivity contribution in [2.24, 2.45) is 0 Å². The molecule has 0 saturated carbocycles. The number of carbonyl (C=O) groups is 1. The maximum absolute atomic E-state index is 12.0. The SMILES string of the molecule is O=C(c1ncccc1Cl)c1sccc1Br. The molecule has 0 spiro atoms. The molecule has 5 heteroatoms.